The summed E-state index contributed by atoms with van der Waals surface area (Å²) in [5.74, 6) is -1.54. The lowest BCUT2D eigenvalue weighted by Crippen LogP contribution is -2.43. The fraction of sp³-hybridized carbons (Fsp3) is 0.364. The van der Waals surface area contributed by atoms with Gasteiger partial charge in [-0.25, -0.2) is 9.18 Å². The Morgan fingerprint density at radius 3 is 2.48 bits per heavy atom. The van der Waals surface area contributed by atoms with E-state index < -0.39 is 23.2 Å². The van der Waals surface area contributed by atoms with Gasteiger partial charge < -0.3 is 15.2 Å². The van der Waals surface area contributed by atoms with E-state index in [1.165, 1.54) is 12.1 Å². The Bertz CT molecular complexity index is 939. The lowest BCUT2D eigenvalue weighted by molar-refractivity contribution is -0.137. The number of carboxylic acid groups (broad SMARTS) is 1. The lowest BCUT2D eigenvalue weighted by atomic mass is 9.99. The highest BCUT2D eigenvalue weighted by molar-refractivity contribution is 6.30. The summed E-state index contributed by atoms with van der Waals surface area (Å²) in [6.07, 6.45) is -0.357. The molecule has 1 aliphatic carbocycles. The Kier molecular flexibility index (Phi) is 5.59. The number of benzene rings is 2. The van der Waals surface area contributed by atoms with E-state index in [1.54, 1.807) is 39.0 Å². The number of ether oxygens (including phenoxy) is 1. The number of carboxylic acids is 1. The molecule has 0 aromatic heterocycles. The SMILES string of the molecule is CC(C)(C)OC(=O)NC1(CC(=O)O)C[C@H]1c1ccc(-c2cc(Cl)ccc2F)cc1. The first-order valence-corrected chi connectivity index (χ1v) is 9.65. The van der Waals surface area contributed by atoms with Crippen LogP contribution in [0.15, 0.2) is 42.5 Å². The summed E-state index contributed by atoms with van der Waals surface area (Å²) in [5, 5.41) is 12.5. The zero-order valence-electron chi connectivity index (χ0n) is 16.5. The number of carbonyl (C=O) groups is 2. The Hall–Kier alpha value is -2.60. The summed E-state index contributed by atoms with van der Waals surface area (Å²) >= 11 is 5.96. The van der Waals surface area contributed by atoms with E-state index in [1.807, 2.05) is 12.1 Å². The highest BCUT2D eigenvalue weighted by Gasteiger charge is 2.57. The number of nitrogens with one attached hydrogen (secondary N) is 1. The lowest BCUT2D eigenvalue weighted by Gasteiger charge is -2.23. The highest BCUT2D eigenvalue weighted by Crippen LogP contribution is 2.54. The van der Waals surface area contributed by atoms with Crippen molar-refractivity contribution in [2.24, 2.45) is 0 Å². The summed E-state index contributed by atoms with van der Waals surface area (Å²) in [6.45, 7) is 5.23. The Balaban J connectivity index is 1.80. The maximum Gasteiger partial charge on any atom is 0.408 e. The third-order valence-electron chi connectivity index (χ3n) is 4.84. The molecule has 2 N–H and O–H groups in total. The smallest absolute Gasteiger partial charge is 0.408 e. The minimum atomic E-state index is -0.999. The molecule has 1 aliphatic rings. The van der Waals surface area contributed by atoms with Gasteiger partial charge in [0.15, 0.2) is 0 Å². The van der Waals surface area contributed by atoms with Crippen LogP contribution >= 0.6 is 11.6 Å². The molecule has 1 fully saturated rings. The van der Waals surface area contributed by atoms with E-state index in [0.29, 0.717) is 22.6 Å². The van der Waals surface area contributed by atoms with Crippen LogP contribution in [0.5, 0.6) is 0 Å². The normalized spacial score (nSPS) is 20.8. The van der Waals surface area contributed by atoms with E-state index in [2.05, 4.69) is 5.32 Å². The molecule has 1 unspecified atom stereocenters. The molecule has 0 aliphatic heterocycles. The summed E-state index contributed by atoms with van der Waals surface area (Å²) in [7, 11) is 0. The van der Waals surface area contributed by atoms with Crippen LogP contribution in [-0.2, 0) is 9.53 Å². The molecule has 1 saturated carbocycles. The van der Waals surface area contributed by atoms with Crippen LogP contribution in [0, 0.1) is 5.82 Å². The summed E-state index contributed by atoms with van der Waals surface area (Å²) < 4.78 is 19.4. The monoisotopic (exact) mass is 419 g/mol. The first-order valence-electron chi connectivity index (χ1n) is 9.27. The second-order valence-corrected chi connectivity index (χ2v) is 8.79. The van der Waals surface area contributed by atoms with Gasteiger partial charge in [-0.2, -0.15) is 0 Å². The fourth-order valence-corrected chi connectivity index (χ4v) is 3.68. The standard InChI is InChI=1S/C22H23ClFNO4/c1-21(2,3)29-20(28)25-22(12-19(26)27)11-17(22)14-6-4-13(5-7-14)16-10-15(23)8-9-18(16)24/h4-10,17H,11-12H2,1-3H3,(H,25,28)(H,26,27)/t17-,22?/m0/s1. The minimum absolute atomic E-state index is 0.163. The first kappa shape index (κ1) is 21.1. The van der Waals surface area contributed by atoms with Crippen LogP contribution in [0.2, 0.25) is 5.02 Å². The van der Waals surface area contributed by atoms with Gasteiger partial charge in [-0.05, 0) is 56.5 Å². The molecule has 29 heavy (non-hydrogen) atoms. The van der Waals surface area contributed by atoms with Gasteiger partial charge in [0.05, 0.1) is 12.0 Å². The number of amides is 1. The van der Waals surface area contributed by atoms with E-state index in [-0.39, 0.29) is 18.2 Å². The van der Waals surface area contributed by atoms with Crippen LogP contribution in [0.3, 0.4) is 0 Å². The van der Waals surface area contributed by atoms with Gasteiger partial charge in [-0.15, -0.1) is 0 Å². The van der Waals surface area contributed by atoms with Crippen molar-refractivity contribution in [3.8, 4) is 11.1 Å². The van der Waals surface area contributed by atoms with Crippen LogP contribution < -0.4 is 5.32 Å². The minimum Gasteiger partial charge on any atom is -0.481 e. The van der Waals surface area contributed by atoms with Crippen molar-refractivity contribution in [3.05, 3.63) is 58.9 Å². The van der Waals surface area contributed by atoms with Crippen molar-refractivity contribution < 1.29 is 23.8 Å². The van der Waals surface area contributed by atoms with Crippen molar-refractivity contribution in [1.29, 1.82) is 0 Å². The van der Waals surface area contributed by atoms with Crippen LogP contribution in [0.4, 0.5) is 9.18 Å². The van der Waals surface area contributed by atoms with Gasteiger partial charge in [0.25, 0.3) is 0 Å². The van der Waals surface area contributed by atoms with Crippen LogP contribution in [0.1, 0.15) is 45.1 Å². The summed E-state index contributed by atoms with van der Waals surface area (Å²) in [4.78, 5) is 23.6. The topological polar surface area (TPSA) is 75.6 Å². The molecule has 7 heteroatoms. The molecule has 0 heterocycles. The number of carbonyl (C=O) groups excluding carboxylic acids is 1. The maximum absolute atomic E-state index is 14.1. The van der Waals surface area contributed by atoms with Crippen molar-refractivity contribution in [2.75, 3.05) is 0 Å². The molecule has 2 aromatic rings. The largest absolute Gasteiger partial charge is 0.481 e. The van der Waals surface area contributed by atoms with Gasteiger partial charge in [-0.3, -0.25) is 4.79 Å². The molecule has 2 aromatic carbocycles. The average Bonchev–Trinajstić information content (AvgIpc) is 3.27. The van der Waals surface area contributed by atoms with E-state index in [0.717, 1.165) is 5.56 Å². The second-order valence-electron chi connectivity index (χ2n) is 8.36. The first-order chi connectivity index (χ1) is 13.5. The Labute approximate surface area is 173 Å². The Morgan fingerprint density at radius 2 is 1.90 bits per heavy atom. The highest BCUT2D eigenvalue weighted by atomic mass is 35.5. The van der Waals surface area contributed by atoms with Crippen molar-refractivity contribution in [2.45, 2.75) is 50.7 Å². The summed E-state index contributed by atoms with van der Waals surface area (Å²) in [6, 6.07) is 11.5. The van der Waals surface area contributed by atoms with Gasteiger partial charge in [0, 0.05) is 16.5 Å². The molecular weight excluding hydrogens is 397 g/mol. The number of alkyl carbamates (subject to hydrolysis) is 1. The van der Waals surface area contributed by atoms with Crippen molar-refractivity contribution in [3.63, 3.8) is 0 Å². The molecule has 0 radical (unpaired) electrons. The van der Waals surface area contributed by atoms with Gasteiger partial charge in [0.1, 0.15) is 11.4 Å². The molecule has 3 rings (SSSR count). The molecular formula is C22H23ClFNO4. The van der Waals surface area contributed by atoms with E-state index in [4.69, 9.17) is 16.3 Å². The number of hydrogen-bond donors (Lipinski definition) is 2. The summed E-state index contributed by atoms with van der Waals surface area (Å²) in [5.41, 5.74) is 0.355. The average molecular weight is 420 g/mol. The van der Waals surface area contributed by atoms with Crippen LogP contribution in [0.25, 0.3) is 11.1 Å². The number of hydrogen-bond acceptors (Lipinski definition) is 3. The third kappa shape index (κ3) is 5.07. The van der Waals surface area contributed by atoms with E-state index >= 15 is 0 Å². The second kappa shape index (κ2) is 7.67. The molecule has 5 nitrogen and oxygen atoms in total. The van der Waals surface area contributed by atoms with Crippen molar-refractivity contribution >= 4 is 23.7 Å². The molecule has 1 amide bonds. The zero-order chi connectivity index (χ0) is 21.4. The number of halogens is 2. The van der Waals surface area contributed by atoms with Crippen molar-refractivity contribution in [1.82, 2.24) is 5.32 Å². The Morgan fingerprint density at radius 1 is 1.24 bits per heavy atom. The quantitative estimate of drug-likeness (QED) is 0.683. The zero-order valence-corrected chi connectivity index (χ0v) is 17.2. The number of aliphatic carboxylic acids is 1. The predicted octanol–water partition coefficient (Wildman–Crippen LogP) is 5.37. The maximum atomic E-state index is 14.1. The third-order valence-corrected chi connectivity index (χ3v) is 5.08. The molecule has 2 atom stereocenters. The fourth-order valence-electron chi connectivity index (χ4n) is 3.51. The van der Waals surface area contributed by atoms with Gasteiger partial charge in [-0.1, -0.05) is 35.9 Å². The molecule has 0 saturated heterocycles. The van der Waals surface area contributed by atoms with E-state index in [9.17, 15) is 19.1 Å². The molecule has 154 valence electrons. The number of rotatable bonds is 5. The predicted molar refractivity (Wildman–Crippen MR) is 109 cm³/mol. The molecule has 0 spiro atoms. The molecule has 0 bridgehead atoms. The van der Waals surface area contributed by atoms with Crippen LogP contribution in [-0.4, -0.2) is 28.3 Å². The van der Waals surface area contributed by atoms with Gasteiger partial charge in [0.2, 0.25) is 0 Å². The van der Waals surface area contributed by atoms with Gasteiger partial charge >= 0.3 is 12.1 Å².